The molecule has 1 amide bonds. The molecule has 0 bridgehead atoms. The molecule has 2 unspecified atom stereocenters. The fourth-order valence-corrected chi connectivity index (χ4v) is 3.41. The van der Waals surface area contributed by atoms with Crippen LogP contribution >= 0.6 is 0 Å². The van der Waals surface area contributed by atoms with Gasteiger partial charge in [0.1, 0.15) is 0 Å². The summed E-state index contributed by atoms with van der Waals surface area (Å²) < 4.78 is 0. The van der Waals surface area contributed by atoms with Gasteiger partial charge in [0.25, 0.3) is 0 Å². The minimum Gasteiger partial charge on any atom is -0.355 e. The second-order valence-electron chi connectivity index (χ2n) is 6.01. The molecule has 0 aromatic carbocycles. The van der Waals surface area contributed by atoms with Gasteiger partial charge in [-0.2, -0.15) is 0 Å². The van der Waals surface area contributed by atoms with Gasteiger partial charge in [0.15, 0.2) is 0 Å². The van der Waals surface area contributed by atoms with E-state index in [0.29, 0.717) is 25.6 Å². The average Bonchev–Trinajstić information content (AvgIpc) is 2.38. The number of carbonyl (C=O) groups is 1. The van der Waals surface area contributed by atoms with Crippen molar-refractivity contribution in [1.29, 1.82) is 0 Å². The van der Waals surface area contributed by atoms with Crippen LogP contribution in [0.15, 0.2) is 0 Å². The molecule has 0 spiro atoms. The second kappa shape index (κ2) is 7.85. The SMILES string of the molecule is CCCN(CC(=O)NCC)C1(CN)CCCC(C)C1. The lowest BCUT2D eigenvalue weighted by molar-refractivity contribution is -0.124. The first-order chi connectivity index (χ1) is 9.07. The molecule has 1 aliphatic rings. The van der Waals surface area contributed by atoms with Gasteiger partial charge in [-0.05, 0) is 38.6 Å². The Morgan fingerprint density at radius 1 is 1.47 bits per heavy atom. The molecule has 4 nitrogen and oxygen atoms in total. The van der Waals surface area contributed by atoms with E-state index in [-0.39, 0.29) is 11.4 Å². The zero-order valence-electron chi connectivity index (χ0n) is 12.9. The minimum atomic E-state index is 0.0404. The second-order valence-corrected chi connectivity index (χ2v) is 6.01. The van der Waals surface area contributed by atoms with Crippen molar-refractivity contribution in [1.82, 2.24) is 10.2 Å². The van der Waals surface area contributed by atoms with Gasteiger partial charge < -0.3 is 11.1 Å². The Labute approximate surface area is 118 Å². The summed E-state index contributed by atoms with van der Waals surface area (Å²) in [6, 6.07) is 0. The number of hydrogen-bond donors (Lipinski definition) is 2. The third kappa shape index (κ3) is 4.46. The summed E-state index contributed by atoms with van der Waals surface area (Å²) in [6.07, 6.45) is 5.85. The normalized spacial score (nSPS) is 27.5. The highest BCUT2D eigenvalue weighted by atomic mass is 16.2. The molecule has 0 heterocycles. The van der Waals surface area contributed by atoms with E-state index in [0.717, 1.165) is 25.8 Å². The monoisotopic (exact) mass is 269 g/mol. The van der Waals surface area contributed by atoms with Crippen molar-refractivity contribution >= 4 is 5.91 Å². The predicted molar refractivity (Wildman–Crippen MR) is 80.0 cm³/mol. The summed E-state index contributed by atoms with van der Waals surface area (Å²) in [7, 11) is 0. The number of hydrogen-bond acceptors (Lipinski definition) is 3. The average molecular weight is 269 g/mol. The van der Waals surface area contributed by atoms with Crippen LogP contribution in [0.1, 0.15) is 52.9 Å². The summed E-state index contributed by atoms with van der Waals surface area (Å²) >= 11 is 0. The summed E-state index contributed by atoms with van der Waals surface area (Å²) in [4.78, 5) is 14.3. The Bertz CT molecular complexity index is 283. The number of nitrogens with zero attached hydrogens (tertiary/aromatic N) is 1. The Kier molecular flexibility index (Phi) is 6.80. The van der Waals surface area contributed by atoms with Crippen molar-refractivity contribution in [2.75, 3.05) is 26.2 Å². The maximum Gasteiger partial charge on any atom is 0.234 e. The van der Waals surface area contributed by atoms with Gasteiger partial charge in [0.2, 0.25) is 5.91 Å². The van der Waals surface area contributed by atoms with Crippen LogP contribution in [-0.2, 0) is 4.79 Å². The third-order valence-corrected chi connectivity index (χ3v) is 4.32. The molecule has 0 radical (unpaired) electrons. The fourth-order valence-electron chi connectivity index (χ4n) is 3.41. The molecule has 1 rings (SSSR count). The topological polar surface area (TPSA) is 58.4 Å². The van der Waals surface area contributed by atoms with Crippen LogP contribution in [0.25, 0.3) is 0 Å². The van der Waals surface area contributed by atoms with Gasteiger partial charge in [-0.25, -0.2) is 0 Å². The minimum absolute atomic E-state index is 0.0404. The Hall–Kier alpha value is -0.610. The number of likely N-dealkylation sites (N-methyl/N-ethyl adjacent to an activating group) is 1. The molecule has 0 aromatic rings. The highest BCUT2D eigenvalue weighted by molar-refractivity contribution is 5.78. The molecule has 3 N–H and O–H groups in total. The molecule has 2 atom stereocenters. The van der Waals surface area contributed by atoms with E-state index in [4.69, 9.17) is 5.73 Å². The summed E-state index contributed by atoms with van der Waals surface area (Å²) in [5.74, 6) is 0.841. The van der Waals surface area contributed by atoms with Crippen LogP contribution in [-0.4, -0.2) is 42.5 Å². The van der Waals surface area contributed by atoms with E-state index in [1.165, 1.54) is 12.8 Å². The van der Waals surface area contributed by atoms with Crippen molar-refractivity contribution in [3.63, 3.8) is 0 Å². The lowest BCUT2D eigenvalue weighted by Crippen LogP contribution is -2.58. The van der Waals surface area contributed by atoms with Crippen molar-refractivity contribution in [2.24, 2.45) is 11.7 Å². The molecular weight excluding hydrogens is 238 g/mol. The third-order valence-electron chi connectivity index (χ3n) is 4.32. The van der Waals surface area contributed by atoms with Gasteiger partial charge in [-0.1, -0.05) is 26.7 Å². The van der Waals surface area contributed by atoms with Crippen molar-refractivity contribution < 1.29 is 4.79 Å². The largest absolute Gasteiger partial charge is 0.355 e. The number of nitrogens with one attached hydrogen (secondary N) is 1. The standard InChI is InChI=1S/C15H31N3O/c1-4-9-18(11-14(19)17-5-2)15(12-16)8-6-7-13(3)10-15/h13H,4-12,16H2,1-3H3,(H,17,19). The molecule has 0 aromatic heterocycles. The molecule has 1 aliphatic carbocycles. The summed E-state index contributed by atoms with van der Waals surface area (Å²) in [5.41, 5.74) is 6.15. The zero-order chi connectivity index (χ0) is 14.3. The fraction of sp³-hybridized carbons (Fsp3) is 0.933. The maximum atomic E-state index is 11.9. The quantitative estimate of drug-likeness (QED) is 0.740. The number of carbonyl (C=O) groups excluding carboxylic acids is 1. The highest BCUT2D eigenvalue weighted by Gasteiger charge is 2.39. The van der Waals surface area contributed by atoms with Gasteiger partial charge in [-0.3, -0.25) is 9.69 Å². The Morgan fingerprint density at radius 2 is 2.21 bits per heavy atom. The Morgan fingerprint density at radius 3 is 2.74 bits per heavy atom. The molecule has 1 fully saturated rings. The van der Waals surface area contributed by atoms with E-state index in [1.54, 1.807) is 0 Å². The summed E-state index contributed by atoms with van der Waals surface area (Å²) in [6.45, 7) is 9.25. The molecule has 19 heavy (non-hydrogen) atoms. The molecule has 112 valence electrons. The number of rotatable bonds is 7. The zero-order valence-corrected chi connectivity index (χ0v) is 12.9. The van der Waals surface area contributed by atoms with Crippen molar-refractivity contribution in [3.8, 4) is 0 Å². The van der Waals surface area contributed by atoms with Crippen LogP contribution < -0.4 is 11.1 Å². The van der Waals surface area contributed by atoms with Gasteiger partial charge >= 0.3 is 0 Å². The Balaban J connectivity index is 2.77. The van der Waals surface area contributed by atoms with Crippen LogP contribution in [0.4, 0.5) is 0 Å². The smallest absolute Gasteiger partial charge is 0.234 e. The van der Waals surface area contributed by atoms with E-state index in [9.17, 15) is 4.79 Å². The van der Waals surface area contributed by atoms with Crippen molar-refractivity contribution in [3.05, 3.63) is 0 Å². The van der Waals surface area contributed by atoms with Crippen LogP contribution in [0.2, 0.25) is 0 Å². The van der Waals surface area contributed by atoms with Crippen LogP contribution in [0.3, 0.4) is 0 Å². The lowest BCUT2D eigenvalue weighted by Gasteiger charge is -2.47. The van der Waals surface area contributed by atoms with E-state index >= 15 is 0 Å². The summed E-state index contributed by atoms with van der Waals surface area (Å²) in [5, 5.41) is 2.90. The van der Waals surface area contributed by atoms with E-state index < -0.39 is 0 Å². The van der Waals surface area contributed by atoms with Crippen LogP contribution in [0, 0.1) is 5.92 Å². The molecule has 0 aliphatic heterocycles. The van der Waals surface area contributed by atoms with Gasteiger partial charge in [0.05, 0.1) is 6.54 Å². The van der Waals surface area contributed by atoms with Crippen molar-refractivity contribution in [2.45, 2.75) is 58.4 Å². The molecule has 1 saturated carbocycles. The predicted octanol–water partition coefficient (Wildman–Crippen LogP) is 1.74. The van der Waals surface area contributed by atoms with E-state index in [2.05, 4.69) is 24.1 Å². The lowest BCUT2D eigenvalue weighted by atomic mass is 9.75. The van der Waals surface area contributed by atoms with E-state index in [1.807, 2.05) is 6.92 Å². The molecule has 0 saturated heterocycles. The molecular formula is C15H31N3O. The van der Waals surface area contributed by atoms with Gasteiger partial charge in [0, 0.05) is 18.6 Å². The first-order valence-corrected chi connectivity index (χ1v) is 7.79. The number of nitrogens with two attached hydrogens (primary N) is 1. The first kappa shape index (κ1) is 16.4. The highest BCUT2D eigenvalue weighted by Crippen LogP contribution is 2.36. The van der Waals surface area contributed by atoms with Gasteiger partial charge in [-0.15, -0.1) is 0 Å². The maximum absolute atomic E-state index is 11.9. The molecule has 4 heteroatoms. The first-order valence-electron chi connectivity index (χ1n) is 7.79. The van der Waals surface area contributed by atoms with Crippen LogP contribution in [0.5, 0.6) is 0 Å². The number of amides is 1.